The molecule has 3 heterocycles. The van der Waals surface area contributed by atoms with Gasteiger partial charge in [-0.25, -0.2) is 4.98 Å². The minimum atomic E-state index is -0.0799. The smallest absolute Gasteiger partial charge is 0.227 e. The van der Waals surface area contributed by atoms with E-state index < -0.39 is 0 Å². The number of benzene rings is 1. The second-order valence-electron chi connectivity index (χ2n) is 10.1. The molecule has 32 heavy (non-hydrogen) atoms. The SMILES string of the molecule is CN(C)c1ccc(CC(=O)N2CCCC(c3nc4ccccn4c3NC(C)(C)C)C2)cc1. The summed E-state index contributed by atoms with van der Waals surface area (Å²) in [5, 5.41) is 3.66. The molecule has 2 aromatic heterocycles. The molecule has 1 N–H and O–H groups in total. The number of amides is 1. The summed E-state index contributed by atoms with van der Waals surface area (Å²) < 4.78 is 2.13. The minimum absolute atomic E-state index is 0.0799. The number of anilines is 2. The topological polar surface area (TPSA) is 52.9 Å². The molecule has 1 aliphatic heterocycles. The highest BCUT2D eigenvalue weighted by Gasteiger charge is 2.30. The lowest BCUT2D eigenvalue weighted by Crippen LogP contribution is -2.40. The van der Waals surface area contributed by atoms with Gasteiger partial charge in [0.05, 0.1) is 12.1 Å². The number of likely N-dealkylation sites (tertiary alicyclic amines) is 1. The normalized spacial score (nSPS) is 16.9. The van der Waals surface area contributed by atoms with Crippen LogP contribution in [0.4, 0.5) is 11.5 Å². The van der Waals surface area contributed by atoms with E-state index >= 15 is 0 Å². The maximum absolute atomic E-state index is 13.1. The summed E-state index contributed by atoms with van der Waals surface area (Å²) in [6.07, 6.45) is 4.55. The Bertz CT molecular complexity index is 1080. The number of rotatable bonds is 5. The van der Waals surface area contributed by atoms with Crippen molar-refractivity contribution in [3.8, 4) is 0 Å². The number of imidazole rings is 1. The Labute approximate surface area is 191 Å². The fourth-order valence-corrected chi connectivity index (χ4v) is 4.40. The molecule has 6 nitrogen and oxygen atoms in total. The van der Waals surface area contributed by atoms with E-state index in [0.29, 0.717) is 6.42 Å². The van der Waals surface area contributed by atoms with Crippen LogP contribution in [-0.2, 0) is 11.2 Å². The number of nitrogens with one attached hydrogen (secondary N) is 1. The molecule has 1 aliphatic rings. The average Bonchev–Trinajstić information content (AvgIpc) is 3.11. The maximum Gasteiger partial charge on any atom is 0.227 e. The van der Waals surface area contributed by atoms with E-state index in [9.17, 15) is 4.79 Å². The van der Waals surface area contributed by atoms with Crippen LogP contribution in [0.2, 0.25) is 0 Å². The molecule has 0 saturated carbocycles. The van der Waals surface area contributed by atoms with Crippen molar-refractivity contribution < 1.29 is 4.79 Å². The number of hydrogen-bond acceptors (Lipinski definition) is 4. The molecule has 1 aromatic carbocycles. The van der Waals surface area contributed by atoms with Crippen LogP contribution < -0.4 is 10.2 Å². The lowest BCUT2D eigenvalue weighted by atomic mass is 9.93. The molecule has 4 rings (SSSR count). The van der Waals surface area contributed by atoms with Gasteiger partial charge in [-0.1, -0.05) is 18.2 Å². The fourth-order valence-electron chi connectivity index (χ4n) is 4.40. The van der Waals surface area contributed by atoms with E-state index in [1.54, 1.807) is 0 Å². The van der Waals surface area contributed by atoms with Crippen LogP contribution in [0.15, 0.2) is 48.7 Å². The van der Waals surface area contributed by atoms with Crippen LogP contribution >= 0.6 is 0 Å². The number of pyridine rings is 1. The first-order valence-electron chi connectivity index (χ1n) is 11.5. The van der Waals surface area contributed by atoms with Gasteiger partial charge < -0.3 is 15.1 Å². The van der Waals surface area contributed by atoms with Crippen LogP contribution in [-0.4, -0.2) is 52.9 Å². The largest absolute Gasteiger partial charge is 0.378 e. The van der Waals surface area contributed by atoms with E-state index in [0.717, 1.165) is 54.3 Å². The van der Waals surface area contributed by atoms with Gasteiger partial charge in [0, 0.05) is 50.5 Å². The Balaban J connectivity index is 1.53. The number of carbonyl (C=O) groups is 1. The first kappa shape index (κ1) is 22.2. The highest BCUT2D eigenvalue weighted by molar-refractivity contribution is 5.79. The molecule has 3 aromatic rings. The van der Waals surface area contributed by atoms with Crippen molar-refractivity contribution >= 4 is 23.1 Å². The van der Waals surface area contributed by atoms with E-state index in [1.807, 2.05) is 37.2 Å². The molecule has 1 atom stereocenters. The van der Waals surface area contributed by atoms with Crippen LogP contribution in [0, 0.1) is 0 Å². The Morgan fingerprint density at radius 3 is 2.59 bits per heavy atom. The number of nitrogens with zero attached hydrogens (tertiary/aromatic N) is 4. The average molecular weight is 434 g/mol. The van der Waals surface area contributed by atoms with Gasteiger partial charge in [0.2, 0.25) is 5.91 Å². The first-order chi connectivity index (χ1) is 15.2. The van der Waals surface area contributed by atoms with Gasteiger partial charge in [0.1, 0.15) is 11.5 Å². The Morgan fingerprint density at radius 1 is 1.16 bits per heavy atom. The number of hydrogen-bond donors (Lipinski definition) is 1. The third kappa shape index (κ3) is 4.90. The van der Waals surface area contributed by atoms with E-state index in [-0.39, 0.29) is 17.4 Å². The van der Waals surface area contributed by atoms with E-state index in [4.69, 9.17) is 4.98 Å². The van der Waals surface area contributed by atoms with Crippen molar-refractivity contribution in [2.24, 2.45) is 0 Å². The van der Waals surface area contributed by atoms with Crippen LogP contribution in [0.3, 0.4) is 0 Å². The molecule has 1 fully saturated rings. The highest BCUT2D eigenvalue weighted by Crippen LogP contribution is 2.34. The number of fused-ring (bicyclic) bond motifs is 1. The molecule has 1 unspecified atom stereocenters. The lowest BCUT2D eigenvalue weighted by Gasteiger charge is -2.33. The molecule has 0 spiro atoms. The molecule has 0 radical (unpaired) electrons. The van der Waals surface area contributed by atoms with Gasteiger partial charge in [0.25, 0.3) is 0 Å². The highest BCUT2D eigenvalue weighted by atomic mass is 16.2. The van der Waals surface area contributed by atoms with Crippen molar-refractivity contribution in [3.63, 3.8) is 0 Å². The Morgan fingerprint density at radius 2 is 1.91 bits per heavy atom. The number of carbonyl (C=O) groups excluding carboxylic acids is 1. The van der Waals surface area contributed by atoms with Crippen LogP contribution in [0.25, 0.3) is 5.65 Å². The summed E-state index contributed by atoms with van der Waals surface area (Å²) in [5.41, 5.74) is 4.14. The second-order valence-corrected chi connectivity index (χ2v) is 10.1. The lowest BCUT2D eigenvalue weighted by molar-refractivity contribution is -0.131. The fraction of sp³-hybridized carbons (Fsp3) is 0.462. The monoisotopic (exact) mass is 433 g/mol. The Hall–Kier alpha value is -3.02. The van der Waals surface area contributed by atoms with Crippen LogP contribution in [0.5, 0.6) is 0 Å². The summed E-state index contributed by atoms with van der Waals surface area (Å²) >= 11 is 0. The van der Waals surface area contributed by atoms with Crippen LogP contribution in [0.1, 0.15) is 50.8 Å². The van der Waals surface area contributed by atoms with Crippen molar-refractivity contribution in [2.45, 2.75) is 51.5 Å². The molecular weight excluding hydrogens is 398 g/mol. The summed E-state index contributed by atoms with van der Waals surface area (Å²) in [6.45, 7) is 8.03. The molecule has 0 aliphatic carbocycles. The summed E-state index contributed by atoms with van der Waals surface area (Å²) in [6, 6.07) is 14.4. The third-order valence-corrected chi connectivity index (χ3v) is 6.02. The van der Waals surface area contributed by atoms with Gasteiger partial charge in [-0.2, -0.15) is 0 Å². The second kappa shape index (κ2) is 8.85. The Kier molecular flexibility index (Phi) is 6.13. The van der Waals surface area contributed by atoms with Gasteiger partial charge in [0.15, 0.2) is 0 Å². The predicted molar refractivity (Wildman–Crippen MR) is 132 cm³/mol. The molecular formula is C26H35N5O. The summed E-state index contributed by atoms with van der Waals surface area (Å²) in [4.78, 5) is 22.2. The molecule has 1 saturated heterocycles. The standard InChI is InChI=1S/C26H35N5O/c1-26(2,3)28-25-24(27-22-10-6-7-16-31(22)25)20-9-8-15-30(18-20)23(32)17-19-11-13-21(14-12-19)29(4)5/h6-7,10-14,16,20,28H,8-9,15,17-18H2,1-5H3. The summed E-state index contributed by atoms with van der Waals surface area (Å²) in [7, 11) is 4.05. The van der Waals surface area contributed by atoms with Gasteiger partial charge >= 0.3 is 0 Å². The minimum Gasteiger partial charge on any atom is -0.378 e. The zero-order chi connectivity index (χ0) is 22.9. The van der Waals surface area contributed by atoms with E-state index in [1.165, 1.54) is 0 Å². The van der Waals surface area contributed by atoms with Gasteiger partial charge in [-0.05, 0) is 63.4 Å². The molecule has 170 valence electrons. The first-order valence-corrected chi connectivity index (χ1v) is 11.5. The number of aromatic nitrogens is 2. The zero-order valence-corrected chi connectivity index (χ0v) is 19.9. The van der Waals surface area contributed by atoms with Crippen molar-refractivity contribution in [1.29, 1.82) is 0 Å². The van der Waals surface area contributed by atoms with Crippen molar-refractivity contribution in [3.05, 3.63) is 59.9 Å². The molecule has 0 bridgehead atoms. The molecule has 6 heteroatoms. The molecule has 1 amide bonds. The predicted octanol–water partition coefficient (Wildman–Crippen LogP) is 4.56. The third-order valence-electron chi connectivity index (χ3n) is 6.02. The number of piperidine rings is 1. The van der Waals surface area contributed by atoms with Gasteiger partial charge in [-0.15, -0.1) is 0 Å². The van der Waals surface area contributed by atoms with Gasteiger partial charge in [-0.3, -0.25) is 9.20 Å². The zero-order valence-electron chi connectivity index (χ0n) is 19.9. The van der Waals surface area contributed by atoms with Crippen molar-refractivity contribution in [2.75, 3.05) is 37.4 Å². The van der Waals surface area contributed by atoms with E-state index in [2.05, 4.69) is 65.9 Å². The summed E-state index contributed by atoms with van der Waals surface area (Å²) in [5.74, 6) is 1.47. The van der Waals surface area contributed by atoms with Crippen molar-refractivity contribution in [1.82, 2.24) is 14.3 Å². The quantitative estimate of drug-likeness (QED) is 0.641. The maximum atomic E-state index is 13.1.